The Morgan fingerprint density at radius 1 is 1.10 bits per heavy atom. The van der Waals surface area contributed by atoms with Crippen LogP contribution in [0.25, 0.3) is 0 Å². The van der Waals surface area contributed by atoms with Gasteiger partial charge in [0, 0.05) is 5.92 Å². The van der Waals surface area contributed by atoms with E-state index < -0.39 is 23.5 Å². The molecule has 0 N–H and O–H groups in total. The maximum absolute atomic E-state index is 13.3. The van der Waals surface area contributed by atoms with Crippen molar-refractivity contribution in [2.45, 2.75) is 84.2 Å². The lowest BCUT2D eigenvalue weighted by Gasteiger charge is -2.29. The van der Waals surface area contributed by atoms with E-state index in [-0.39, 0.29) is 11.7 Å². The summed E-state index contributed by atoms with van der Waals surface area (Å²) < 4.78 is 5.43. The Balaban J connectivity index is 1.77. The molecule has 1 aromatic carbocycles. The fourth-order valence-electron chi connectivity index (χ4n) is 4.55. The third-order valence-corrected chi connectivity index (χ3v) is 6.03. The van der Waals surface area contributed by atoms with E-state index in [1.165, 1.54) is 19.3 Å². The highest BCUT2D eigenvalue weighted by Gasteiger charge is 2.47. The third-order valence-electron chi connectivity index (χ3n) is 6.03. The fourth-order valence-corrected chi connectivity index (χ4v) is 4.55. The molecule has 1 saturated carbocycles. The number of fused-ring (bicyclic) bond motifs is 1. The monoisotopic (exact) mass is 399 g/mol. The molecule has 5 heteroatoms. The van der Waals surface area contributed by atoms with Gasteiger partial charge in [0.15, 0.2) is 5.78 Å². The molecular formula is C24H33NO4. The van der Waals surface area contributed by atoms with Crippen LogP contribution < -0.4 is 4.90 Å². The number of ether oxygens (including phenoxy) is 1. The SMILES string of the molecule is CCCCC1CCC(C(=O)C2C(=O)N(C(=O)OC(C)(C)C)c3ccccc32)CC1. The minimum atomic E-state index is -0.893. The third kappa shape index (κ3) is 4.71. The van der Waals surface area contributed by atoms with Crippen molar-refractivity contribution in [3.63, 3.8) is 0 Å². The molecule has 0 radical (unpaired) electrons. The number of imide groups is 1. The Morgan fingerprint density at radius 2 is 1.76 bits per heavy atom. The standard InChI is InChI=1S/C24H33NO4/c1-5-6-9-16-12-14-17(15-13-16)21(26)20-18-10-7-8-11-19(18)25(22(20)27)23(28)29-24(2,3)4/h7-8,10-11,16-17,20H,5-6,9,12-15H2,1-4H3. The molecule has 1 heterocycles. The molecule has 1 unspecified atom stereocenters. The maximum atomic E-state index is 13.3. The van der Waals surface area contributed by atoms with Crippen LogP contribution in [-0.2, 0) is 14.3 Å². The molecule has 0 bridgehead atoms. The topological polar surface area (TPSA) is 63.7 Å². The first-order valence-electron chi connectivity index (χ1n) is 10.9. The number of unbranched alkanes of at least 4 members (excludes halogenated alkanes) is 1. The second-order valence-corrected chi connectivity index (χ2v) is 9.41. The zero-order chi connectivity index (χ0) is 21.2. The number of hydrogen-bond donors (Lipinski definition) is 0. The molecule has 2 aliphatic rings. The number of amides is 2. The molecule has 158 valence electrons. The van der Waals surface area contributed by atoms with Crippen molar-refractivity contribution in [1.82, 2.24) is 0 Å². The van der Waals surface area contributed by atoms with Crippen LogP contribution in [0.1, 0.15) is 84.1 Å². The van der Waals surface area contributed by atoms with Gasteiger partial charge in [0.25, 0.3) is 5.91 Å². The normalized spacial score (nSPS) is 24.3. The number of benzene rings is 1. The van der Waals surface area contributed by atoms with Crippen molar-refractivity contribution < 1.29 is 19.1 Å². The van der Waals surface area contributed by atoms with E-state index in [1.807, 2.05) is 6.07 Å². The molecule has 1 aromatic rings. The summed E-state index contributed by atoms with van der Waals surface area (Å²) in [5, 5.41) is 0. The summed E-state index contributed by atoms with van der Waals surface area (Å²) in [4.78, 5) is 40.3. The molecule has 2 amide bonds. The fraction of sp³-hybridized carbons (Fsp3) is 0.625. The second-order valence-electron chi connectivity index (χ2n) is 9.41. The first-order chi connectivity index (χ1) is 13.7. The summed E-state index contributed by atoms with van der Waals surface area (Å²) in [6.07, 6.45) is 6.74. The van der Waals surface area contributed by atoms with Gasteiger partial charge in [-0.2, -0.15) is 0 Å². The van der Waals surface area contributed by atoms with Crippen molar-refractivity contribution in [2.75, 3.05) is 4.90 Å². The number of anilines is 1. The molecule has 0 spiro atoms. The average molecular weight is 400 g/mol. The molecule has 1 aliphatic heterocycles. The number of carbonyl (C=O) groups is 3. The van der Waals surface area contributed by atoms with Crippen molar-refractivity contribution in [1.29, 1.82) is 0 Å². The minimum absolute atomic E-state index is 0.0394. The highest BCUT2D eigenvalue weighted by molar-refractivity contribution is 6.26. The summed E-state index contributed by atoms with van der Waals surface area (Å²) in [7, 11) is 0. The van der Waals surface area contributed by atoms with Crippen LogP contribution in [0.4, 0.5) is 10.5 Å². The predicted molar refractivity (Wildman–Crippen MR) is 113 cm³/mol. The van der Waals surface area contributed by atoms with Gasteiger partial charge >= 0.3 is 6.09 Å². The van der Waals surface area contributed by atoms with Crippen molar-refractivity contribution >= 4 is 23.5 Å². The summed E-state index contributed by atoms with van der Waals surface area (Å²) >= 11 is 0. The average Bonchev–Trinajstić information content (AvgIpc) is 2.96. The number of nitrogens with zero attached hydrogens (tertiary/aromatic N) is 1. The Labute approximate surface area is 173 Å². The number of para-hydroxylation sites is 1. The molecule has 1 fully saturated rings. The highest BCUT2D eigenvalue weighted by atomic mass is 16.6. The summed E-state index contributed by atoms with van der Waals surface area (Å²) in [5.41, 5.74) is 0.383. The number of hydrogen-bond acceptors (Lipinski definition) is 4. The number of rotatable bonds is 5. The Hall–Kier alpha value is -2.17. The summed E-state index contributed by atoms with van der Waals surface area (Å²) in [6, 6.07) is 7.08. The lowest BCUT2D eigenvalue weighted by atomic mass is 9.75. The zero-order valence-corrected chi connectivity index (χ0v) is 18.1. The van der Waals surface area contributed by atoms with Crippen LogP contribution in [0.2, 0.25) is 0 Å². The van der Waals surface area contributed by atoms with E-state index in [4.69, 9.17) is 4.74 Å². The van der Waals surface area contributed by atoms with Gasteiger partial charge in [0.2, 0.25) is 0 Å². The second kappa shape index (κ2) is 8.68. The smallest absolute Gasteiger partial charge is 0.421 e. The predicted octanol–water partition coefficient (Wildman–Crippen LogP) is 5.62. The van der Waals surface area contributed by atoms with Gasteiger partial charge in [-0.1, -0.05) is 44.4 Å². The van der Waals surface area contributed by atoms with Gasteiger partial charge in [0.1, 0.15) is 11.5 Å². The van der Waals surface area contributed by atoms with Gasteiger partial charge < -0.3 is 4.74 Å². The van der Waals surface area contributed by atoms with Gasteiger partial charge in [-0.05, 0) is 64.0 Å². The minimum Gasteiger partial charge on any atom is -0.443 e. The number of ketones is 1. The Morgan fingerprint density at radius 3 is 2.38 bits per heavy atom. The van der Waals surface area contributed by atoms with Gasteiger partial charge in [-0.25, -0.2) is 9.69 Å². The van der Waals surface area contributed by atoms with E-state index >= 15 is 0 Å². The van der Waals surface area contributed by atoms with E-state index in [0.29, 0.717) is 17.2 Å². The van der Waals surface area contributed by atoms with Crippen molar-refractivity contribution in [2.24, 2.45) is 11.8 Å². The number of carbonyl (C=O) groups excluding carboxylic acids is 3. The van der Waals surface area contributed by atoms with E-state index in [1.54, 1.807) is 39.0 Å². The molecular weight excluding hydrogens is 366 g/mol. The van der Waals surface area contributed by atoms with E-state index in [9.17, 15) is 14.4 Å². The summed E-state index contributed by atoms with van der Waals surface area (Å²) in [5.74, 6) is -0.811. The molecule has 0 aromatic heterocycles. The molecule has 3 rings (SSSR count). The van der Waals surface area contributed by atoms with Gasteiger partial charge in [-0.15, -0.1) is 0 Å². The first kappa shape index (κ1) is 21.5. The molecule has 1 atom stereocenters. The molecule has 1 aliphatic carbocycles. The first-order valence-corrected chi connectivity index (χ1v) is 10.9. The van der Waals surface area contributed by atoms with Gasteiger partial charge in [0.05, 0.1) is 5.69 Å². The van der Waals surface area contributed by atoms with Crippen LogP contribution in [0.3, 0.4) is 0 Å². The lowest BCUT2D eigenvalue weighted by Crippen LogP contribution is -2.41. The van der Waals surface area contributed by atoms with Crippen LogP contribution in [0.15, 0.2) is 24.3 Å². The van der Waals surface area contributed by atoms with Crippen molar-refractivity contribution in [3.8, 4) is 0 Å². The van der Waals surface area contributed by atoms with Crippen LogP contribution in [-0.4, -0.2) is 23.4 Å². The van der Waals surface area contributed by atoms with E-state index in [0.717, 1.165) is 30.6 Å². The molecule has 29 heavy (non-hydrogen) atoms. The Bertz CT molecular complexity index is 771. The lowest BCUT2D eigenvalue weighted by molar-refractivity contribution is -0.131. The van der Waals surface area contributed by atoms with Crippen LogP contribution in [0.5, 0.6) is 0 Å². The zero-order valence-electron chi connectivity index (χ0n) is 18.1. The Kier molecular flexibility index (Phi) is 6.45. The van der Waals surface area contributed by atoms with E-state index in [2.05, 4.69) is 6.92 Å². The van der Waals surface area contributed by atoms with Crippen molar-refractivity contribution in [3.05, 3.63) is 29.8 Å². The molecule has 0 saturated heterocycles. The quantitative estimate of drug-likeness (QED) is 0.603. The highest BCUT2D eigenvalue weighted by Crippen LogP contribution is 2.42. The summed E-state index contributed by atoms with van der Waals surface area (Å²) in [6.45, 7) is 7.49. The van der Waals surface area contributed by atoms with Gasteiger partial charge in [-0.3, -0.25) is 9.59 Å². The number of Topliss-reactive ketones (excluding diaryl/α,β-unsaturated/α-hetero) is 1. The maximum Gasteiger partial charge on any atom is 0.421 e. The van der Waals surface area contributed by atoms with Crippen LogP contribution in [0, 0.1) is 11.8 Å². The molecule has 5 nitrogen and oxygen atoms in total. The van der Waals surface area contributed by atoms with Crippen LogP contribution >= 0.6 is 0 Å². The largest absolute Gasteiger partial charge is 0.443 e.